The van der Waals surface area contributed by atoms with E-state index in [2.05, 4.69) is 15.5 Å². The van der Waals surface area contributed by atoms with E-state index in [0.29, 0.717) is 12.0 Å². The first-order chi connectivity index (χ1) is 9.90. The normalized spacial score (nSPS) is 35.1. The third kappa shape index (κ3) is 2.37. The molecule has 110 valence electrons. The van der Waals surface area contributed by atoms with Crippen LogP contribution in [0.15, 0.2) is 4.52 Å². The molecule has 2 saturated heterocycles. The SMILES string of the molecule is C1CCC2NC(c3nc(C4CCOCC4)no3)CC2C1. The lowest BCUT2D eigenvalue weighted by atomic mass is 9.85. The summed E-state index contributed by atoms with van der Waals surface area (Å²) >= 11 is 0. The van der Waals surface area contributed by atoms with Crippen molar-refractivity contribution in [1.82, 2.24) is 15.5 Å². The minimum absolute atomic E-state index is 0.282. The van der Waals surface area contributed by atoms with Gasteiger partial charge in [0.1, 0.15) is 0 Å². The van der Waals surface area contributed by atoms with Crippen LogP contribution in [0.1, 0.15) is 68.6 Å². The second kappa shape index (κ2) is 5.45. The Morgan fingerprint density at radius 1 is 1.05 bits per heavy atom. The van der Waals surface area contributed by atoms with Gasteiger partial charge in [-0.3, -0.25) is 0 Å². The van der Waals surface area contributed by atoms with E-state index < -0.39 is 0 Å². The Morgan fingerprint density at radius 2 is 1.90 bits per heavy atom. The quantitative estimate of drug-likeness (QED) is 0.900. The lowest BCUT2D eigenvalue weighted by Gasteiger charge is -2.24. The van der Waals surface area contributed by atoms with Crippen molar-refractivity contribution < 1.29 is 9.26 Å². The molecule has 5 nitrogen and oxygen atoms in total. The summed E-state index contributed by atoms with van der Waals surface area (Å²) in [6, 6.07) is 0.955. The van der Waals surface area contributed by atoms with Gasteiger partial charge >= 0.3 is 0 Å². The zero-order valence-electron chi connectivity index (χ0n) is 11.9. The first-order valence-electron chi connectivity index (χ1n) is 8.07. The highest BCUT2D eigenvalue weighted by Crippen LogP contribution is 2.39. The predicted octanol–water partition coefficient (Wildman–Crippen LogP) is 2.56. The van der Waals surface area contributed by atoms with Crippen molar-refractivity contribution in [3.05, 3.63) is 11.7 Å². The number of hydrogen-bond acceptors (Lipinski definition) is 5. The molecular weight excluding hydrogens is 254 g/mol. The van der Waals surface area contributed by atoms with E-state index in [9.17, 15) is 0 Å². The molecule has 3 aliphatic rings. The number of ether oxygens (including phenoxy) is 1. The molecule has 1 aromatic heterocycles. The van der Waals surface area contributed by atoms with Gasteiger partial charge in [0.2, 0.25) is 5.89 Å². The summed E-state index contributed by atoms with van der Waals surface area (Å²) < 4.78 is 10.9. The molecule has 2 aliphatic heterocycles. The van der Waals surface area contributed by atoms with Gasteiger partial charge in [0.05, 0.1) is 6.04 Å². The fraction of sp³-hybridized carbons (Fsp3) is 0.867. The Kier molecular flexibility index (Phi) is 3.48. The average Bonchev–Trinajstić information content (AvgIpc) is 3.14. The maximum atomic E-state index is 5.54. The summed E-state index contributed by atoms with van der Waals surface area (Å²) in [5.41, 5.74) is 0. The van der Waals surface area contributed by atoms with Crippen LogP contribution >= 0.6 is 0 Å². The van der Waals surface area contributed by atoms with Crippen LogP contribution in [-0.2, 0) is 4.74 Å². The van der Waals surface area contributed by atoms with E-state index in [1.54, 1.807) is 0 Å². The maximum absolute atomic E-state index is 5.54. The van der Waals surface area contributed by atoms with E-state index in [0.717, 1.165) is 43.7 Å². The molecule has 4 rings (SSSR count). The maximum Gasteiger partial charge on any atom is 0.243 e. The molecular formula is C15H23N3O2. The molecule has 3 heterocycles. The van der Waals surface area contributed by atoms with Crippen molar-refractivity contribution in [2.45, 2.75) is 62.9 Å². The summed E-state index contributed by atoms with van der Waals surface area (Å²) in [7, 11) is 0. The Balaban J connectivity index is 1.45. The summed E-state index contributed by atoms with van der Waals surface area (Å²) in [4.78, 5) is 4.68. The molecule has 0 amide bonds. The van der Waals surface area contributed by atoms with Gasteiger partial charge in [-0.2, -0.15) is 4.98 Å². The van der Waals surface area contributed by atoms with Crippen molar-refractivity contribution in [2.75, 3.05) is 13.2 Å². The number of fused-ring (bicyclic) bond motifs is 1. The van der Waals surface area contributed by atoms with Crippen LogP contribution < -0.4 is 5.32 Å². The molecule has 20 heavy (non-hydrogen) atoms. The third-order valence-electron chi connectivity index (χ3n) is 5.20. The van der Waals surface area contributed by atoms with Crippen LogP contribution in [0.2, 0.25) is 0 Å². The van der Waals surface area contributed by atoms with Crippen molar-refractivity contribution in [3.8, 4) is 0 Å². The number of rotatable bonds is 2. The minimum Gasteiger partial charge on any atom is -0.381 e. The smallest absolute Gasteiger partial charge is 0.243 e. The first kappa shape index (κ1) is 12.8. The van der Waals surface area contributed by atoms with Gasteiger partial charge in [0.15, 0.2) is 5.82 Å². The van der Waals surface area contributed by atoms with E-state index in [-0.39, 0.29) is 6.04 Å². The topological polar surface area (TPSA) is 60.2 Å². The van der Waals surface area contributed by atoms with E-state index >= 15 is 0 Å². The minimum atomic E-state index is 0.282. The van der Waals surface area contributed by atoms with Crippen LogP contribution in [0.4, 0.5) is 0 Å². The lowest BCUT2D eigenvalue weighted by Crippen LogP contribution is -2.30. The Morgan fingerprint density at radius 3 is 2.75 bits per heavy atom. The average molecular weight is 277 g/mol. The Labute approximate surface area is 119 Å². The molecule has 1 saturated carbocycles. The highest BCUT2D eigenvalue weighted by molar-refractivity contribution is 5.04. The summed E-state index contributed by atoms with van der Waals surface area (Å²) in [5, 5.41) is 7.92. The van der Waals surface area contributed by atoms with Gasteiger partial charge in [0.25, 0.3) is 0 Å². The summed E-state index contributed by atoms with van der Waals surface area (Å²) in [6.07, 6.45) is 8.60. The van der Waals surface area contributed by atoms with Crippen molar-refractivity contribution >= 4 is 0 Å². The molecule has 3 fully saturated rings. The van der Waals surface area contributed by atoms with Crippen molar-refractivity contribution in [3.63, 3.8) is 0 Å². The number of hydrogen-bond donors (Lipinski definition) is 1. The van der Waals surface area contributed by atoms with Crippen LogP contribution in [0, 0.1) is 5.92 Å². The monoisotopic (exact) mass is 277 g/mol. The molecule has 0 aromatic carbocycles. The van der Waals surface area contributed by atoms with Gasteiger partial charge in [-0.1, -0.05) is 18.0 Å². The Hall–Kier alpha value is -0.940. The molecule has 3 unspecified atom stereocenters. The molecule has 0 spiro atoms. The van der Waals surface area contributed by atoms with E-state index in [4.69, 9.17) is 9.26 Å². The highest BCUT2D eigenvalue weighted by Gasteiger charge is 2.38. The number of nitrogens with zero attached hydrogens (tertiary/aromatic N) is 2. The first-order valence-corrected chi connectivity index (χ1v) is 8.07. The molecule has 3 atom stereocenters. The number of aromatic nitrogens is 2. The standard InChI is InChI=1S/C15H23N3O2/c1-2-4-12-11(3-1)9-13(16-12)15-17-14(18-20-15)10-5-7-19-8-6-10/h10-13,16H,1-9H2. The fourth-order valence-corrected chi connectivity index (χ4v) is 4.02. The third-order valence-corrected chi connectivity index (χ3v) is 5.20. The second-order valence-electron chi connectivity index (χ2n) is 6.48. The van der Waals surface area contributed by atoms with Crippen molar-refractivity contribution in [1.29, 1.82) is 0 Å². The highest BCUT2D eigenvalue weighted by atomic mass is 16.5. The van der Waals surface area contributed by atoms with Crippen LogP contribution in [0.3, 0.4) is 0 Å². The Bertz CT molecular complexity index is 442. The second-order valence-corrected chi connectivity index (χ2v) is 6.48. The van der Waals surface area contributed by atoms with Gasteiger partial charge < -0.3 is 14.6 Å². The summed E-state index contributed by atoms with van der Waals surface area (Å²) in [6.45, 7) is 1.64. The van der Waals surface area contributed by atoms with E-state index in [1.165, 1.54) is 32.1 Å². The molecule has 0 radical (unpaired) electrons. The fourth-order valence-electron chi connectivity index (χ4n) is 4.02. The zero-order valence-corrected chi connectivity index (χ0v) is 11.9. The molecule has 1 aromatic rings. The predicted molar refractivity (Wildman–Crippen MR) is 73.3 cm³/mol. The van der Waals surface area contributed by atoms with Gasteiger partial charge in [-0.25, -0.2) is 0 Å². The van der Waals surface area contributed by atoms with Crippen LogP contribution in [0.5, 0.6) is 0 Å². The molecule has 1 aliphatic carbocycles. The van der Waals surface area contributed by atoms with E-state index in [1.807, 2.05) is 0 Å². The molecule has 0 bridgehead atoms. The largest absolute Gasteiger partial charge is 0.381 e. The van der Waals surface area contributed by atoms with Crippen molar-refractivity contribution in [2.24, 2.45) is 5.92 Å². The summed E-state index contributed by atoms with van der Waals surface area (Å²) in [5.74, 6) is 2.93. The van der Waals surface area contributed by atoms with Gasteiger partial charge in [0, 0.05) is 25.2 Å². The molecule has 1 N–H and O–H groups in total. The molecule has 5 heteroatoms. The van der Waals surface area contributed by atoms with Crippen LogP contribution in [0.25, 0.3) is 0 Å². The van der Waals surface area contributed by atoms with Crippen LogP contribution in [-0.4, -0.2) is 29.4 Å². The van der Waals surface area contributed by atoms with Gasteiger partial charge in [-0.05, 0) is 38.0 Å². The number of nitrogens with one attached hydrogen (secondary N) is 1. The lowest BCUT2D eigenvalue weighted by molar-refractivity contribution is 0.0830. The zero-order chi connectivity index (χ0) is 13.4. The van der Waals surface area contributed by atoms with Gasteiger partial charge in [-0.15, -0.1) is 0 Å².